The first-order valence-corrected chi connectivity index (χ1v) is 5.68. The van der Waals surface area contributed by atoms with Gasteiger partial charge < -0.3 is 19.2 Å². The van der Waals surface area contributed by atoms with Crippen LogP contribution in [-0.4, -0.2) is 25.4 Å². The number of hydrogen-bond acceptors (Lipinski definition) is 5. The monoisotopic (exact) mass is 261 g/mol. The van der Waals surface area contributed by atoms with E-state index in [1.807, 2.05) is 0 Å². The Morgan fingerprint density at radius 2 is 2.26 bits per heavy atom. The highest BCUT2D eigenvalue weighted by Crippen LogP contribution is 2.46. The van der Waals surface area contributed by atoms with Crippen LogP contribution >= 0.6 is 0 Å². The lowest BCUT2D eigenvalue weighted by atomic mass is 10.0. The fourth-order valence-electron chi connectivity index (χ4n) is 2.25. The van der Waals surface area contributed by atoms with E-state index in [2.05, 4.69) is 5.32 Å². The number of hydrogen-bond donors (Lipinski definition) is 1. The van der Waals surface area contributed by atoms with Gasteiger partial charge in [0.1, 0.15) is 17.0 Å². The molecule has 0 saturated heterocycles. The van der Waals surface area contributed by atoms with Crippen LogP contribution in [0.2, 0.25) is 0 Å². The number of furan rings is 1. The third-order valence-corrected chi connectivity index (χ3v) is 2.99. The summed E-state index contributed by atoms with van der Waals surface area (Å²) in [5, 5.41) is 3.29. The maximum Gasteiger partial charge on any atom is 0.262 e. The van der Waals surface area contributed by atoms with Crippen molar-refractivity contribution in [3.63, 3.8) is 0 Å². The maximum absolute atomic E-state index is 11.8. The first-order valence-electron chi connectivity index (χ1n) is 5.68. The molecule has 0 radical (unpaired) electrons. The zero-order valence-electron chi connectivity index (χ0n) is 10.4. The molecule has 1 aliphatic heterocycles. The molecule has 0 saturated carbocycles. The van der Waals surface area contributed by atoms with E-state index in [0.29, 0.717) is 33.7 Å². The number of ether oxygens (including phenoxy) is 2. The fraction of sp³-hybridized carbons (Fsp3) is 0.231. The molecule has 1 N–H and O–H groups in total. The zero-order valence-corrected chi connectivity index (χ0v) is 10.4. The van der Waals surface area contributed by atoms with Crippen LogP contribution in [0, 0.1) is 0 Å². The molecule has 2 aromatic rings. The second kappa shape index (κ2) is 4.01. The van der Waals surface area contributed by atoms with Crippen molar-refractivity contribution >= 4 is 28.3 Å². The molecule has 2 heterocycles. The number of Topliss-reactive ketones (excluding diaryl/α,β-unsaturated/α-hetero) is 1. The number of amides is 1. The molecule has 3 rings (SSSR count). The van der Waals surface area contributed by atoms with Crippen LogP contribution in [0.15, 0.2) is 16.7 Å². The average molecular weight is 261 g/mol. The topological polar surface area (TPSA) is 77.8 Å². The molecule has 1 aliphatic rings. The number of nitrogens with one attached hydrogen (secondary N) is 1. The zero-order chi connectivity index (χ0) is 13.6. The summed E-state index contributed by atoms with van der Waals surface area (Å²) in [5.41, 5.74) is 1.12. The third kappa shape index (κ3) is 1.56. The quantitative estimate of drug-likeness (QED) is 0.836. The molecule has 0 bridgehead atoms. The summed E-state index contributed by atoms with van der Waals surface area (Å²) in [5.74, 6) is 0.203. The highest BCUT2D eigenvalue weighted by molar-refractivity contribution is 6.14. The van der Waals surface area contributed by atoms with Crippen molar-refractivity contribution < 1.29 is 23.5 Å². The average Bonchev–Trinajstić information content (AvgIpc) is 2.86. The number of benzene rings is 1. The van der Waals surface area contributed by atoms with E-state index in [1.165, 1.54) is 20.3 Å². The van der Waals surface area contributed by atoms with Gasteiger partial charge in [0.05, 0.1) is 18.8 Å². The number of ketones is 1. The van der Waals surface area contributed by atoms with E-state index in [1.54, 1.807) is 6.07 Å². The Bertz CT molecular complexity index is 701. The molecule has 98 valence electrons. The first-order chi connectivity index (χ1) is 9.13. The second-order valence-electron chi connectivity index (χ2n) is 4.17. The first kappa shape index (κ1) is 11.6. The van der Waals surface area contributed by atoms with E-state index in [4.69, 9.17) is 13.9 Å². The lowest BCUT2D eigenvalue weighted by Gasteiger charge is -2.22. The molecule has 0 atom stereocenters. The molecule has 1 aromatic heterocycles. The van der Waals surface area contributed by atoms with Gasteiger partial charge in [-0.25, -0.2) is 0 Å². The van der Waals surface area contributed by atoms with Gasteiger partial charge in [-0.3, -0.25) is 9.59 Å². The largest absolute Gasteiger partial charge is 0.495 e. The molecule has 19 heavy (non-hydrogen) atoms. The fourth-order valence-corrected chi connectivity index (χ4v) is 2.25. The second-order valence-corrected chi connectivity index (χ2v) is 4.17. The number of fused-ring (bicyclic) bond motifs is 3. The maximum atomic E-state index is 11.8. The van der Waals surface area contributed by atoms with Crippen LogP contribution in [0.5, 0.6) is 11.5 Å². The van der Waals surface area contributed by atoms with Gasteiger partial charge in [-0.1, -0.05) is 0 Å². The van der Waals surface area contributed by atoms with Gasteiger partial charge in [0.15, 0.2) is 23.7 Å². The smallest absolute Gasteiger partial charge is 0.262 e. The van der Waals surface area contributed by atoms with Gasteiger partial charge in [0.25, 0.3) is 5.91 Å². The van der Waals surface area contributed by atoms with Gasteiger partial charge in [0.2, 0.25) is 0 Å². The molecule has 1 aromatic carbocycles. The van der Waals surface area contributed by atoms with Crippen molar-refractivity contribution in [2.24, 2.45) is 0 Å². The Morgan fingerprint density at radius 1 is 1.47 bits per heavy atom. The van der Waals surface area contributed by atoms with E-state index in [9.17, 15) is 9.59 Å². The van der Waals surface area contributed by atoms with Crippen LogP contribution in [0.25, 0.3) is 11.0 Å². The van der Waals surface area contributed by atoms with Crippen LogP contribution in [0.1, 0.15) is 17.3 Å². The van der Waals surface area contributed by atoms with Crippen molar-refractivity contribution in [1.82, 2.24) is 0 Å². The van der Waals surface area contributed by atoms with Crippen molar-refractivity contribution in [1.29, 1.82) is 0 Å². The molecule has 6 heteroatoms. The van der Waals surface area contributed by atoms with Gasteiger partial charge >= 0.3 is 0 Å². The standard InChI is InChI=1S/C13H11NO5/c1-6(15)9-11(17-2)7-3-4-18-12(7)10-13(9)19-5-8(16)14-10/h3-4H,5H2,1-2H3,(H,14,16). The van der Waals surface area contributed by atoms with Crippen molar-refractivity contribution in [3.05, 3.63) is 17.9 Å². The van der Waals surface area contributed by atoms with E-state index < -0.39 is 0 Å². The SMILES string of the molecule is COc1c(C(C)=O)c2c(c3occc13)NC(=O)CO2. The Balaban J connectivity index is 2.44. The normalized spacial score (nSPS) is 13.7. The van der Waals surface area contributed by atoms with E-state index in [0.717, 1.165) is 0 Å². The van der Waals surface area contributed by atoms with E-state index in [-0.39, 0.29) is 18.3 Å². The lowest BCUT2D eigenvalue weighted by molar-refractivity contribution is -0.118. The molecule has 0 spiro atoms. The third-order valence-electron chi connectivity index (χ3n) is 2.99. The van der Waals surface area contributed by atoms with Crippen LogP contribution < -0.4 is 14.8 Å². The van der Waals surface area contributed by atoms with Crippen LogP contribution in [-0.2, 0) is 4.79 Å². The predicted molar refractivity (Wildman–Crippen MR) is 66.9 cm³/mol. The summed E-state index contributed by atoms with van der Waals surface area (Å²) in [6.45, 7) is 1.28. The predicted octanol–water partition coefficient (Wildman–Crippen LogP) is 1.97. The van der Waals surface area contributed by atoms with Crippen LogP contribution in [0.3, 0.4) is 0 Å². The van der Waals surface area contributed by atoms with Gasteiger partial charge in [-0.2, -0.15) is 0 Å². The minimum absolute atomic E-state index is 0.136. The Morgan fingerprint density at radius 3 is 2.95 bits per heavy atom. The number of methoxy groups -OCH3 is 1. The molecule has 0 unspecified atom stereocenters. The molecular weight excluding hydrogens is 250 g/mol. The molecular formula is C13H11NO5. The molecule has 1 amide bonds. The number of carbonyl (C=O) groups is 2. The molecule has 6 nitrogen and oxygen atoms in total. The van der Waals surface area contributed by atoms with Crippen molar-refractivity contribution in [2.45, 2.75) is 6.92 Å². The summed E-state index contributed by atoms with van der Waals surface area (Å²) in [6, 6.07) is 1.68. The molecule has 0 fully saturated rings. The molecule has 0 aliphatic carbocycles. The number of rotatable bonds is 2. The Hall–Kier alpha value is -2.50. The van der Waals surface area contributed by atoms with Crippen molar-refractivity contribution in [3.8, 4) is 11.5 Å². The van der Waals surface area contributed by atoms with E-state index >= 15 is 0 Å². The Kier molecular flexibility index (Phi) is 2.45. The highest BCUT2D eigenvalue weighted by atomic mass is 16.5. The van der Waals surface area contributed by atoms with Gasteiger partial charge in [-0.15, -0.1) is 0 Å². The minimum Gasteiger partial charge on any atom is -0.495 e. The minimum atomic E-state index is -0.287. The summed E-state index contributed by atoms with van der Waals surface area (Å²) < 4.78 is 16.0. The number of anilines is 1. The summed E-state index contributed by atoms with van der Waals surface area (Å²) in [4.78, 5) is 23.3. The summed E-state index contributed by atoms with van der Waals surface area (Å²) >= 11 is 0. The van der Waals surface area contributed by atoms with Gasteiger partial charge in [0, 0.05) is 0 Å². The number of carbonyl (C=O) groups excluding carboxylic acids is 2. The summed E-state index contributed by atoms with van der Waals surface area (Å²) in [6.07, 6.45) is 1.47. The highest BCUT2D eigenvalue weighted by Gasteiger charge is 2.30. The van der Waals surface area contributed by atoms with Crippen molar-refractivity contribution in [2.75, 3.05) is 19.0 Å². The Labute approximate surface area is 108 Å². The lowest BCUT2D eigenvalue weighted by Crippen LogP contribution is -2.26. The van der Waals surface area contributed by atoms with Gasteiger partial charge in [-0.05, 0) is 13.0 Å². The van der Waals surface area contributed by atoms with Crippen LogP contribution in [0.4, 0.5) is 5.69 Å². The summed E-state index contributed by atoms with van der Waals surface area (Å²) in [7, 11) is 1.47.